The Hall–Kier alpha value is -2.00. The number of hydrogen-bond acceptors (Lipinski definition) is 3. The number of ether oxygens (including phenoxy) is 2. The minimum absolute atomic E-state index is 0.771. The van der Waals surface area contributed by atoms with Crippen LogP contribution in [-0.2, 0) is 13.1 Å². The van der Waals surface area contributed by atoms with Gasteiger partial charge in [-0.25, -0.2) is 0 Å². The molecule has 0 aliphatic heterocycles. The maximum absolute atomic E-state index is 5.58. The Balaban J connectivity index is 1.80. The topological polar surface area (TPSA) is 30.5 Å². The lowest BCUT2D eigenvalue weighted by Crippen LogP contribution is -2.12. The molecule has 0 aliphatic rings. The summed E-state index contributed by atoms with van der Waals surface area (Å²) in [6.07, 6.45) is 1.03. The summed E-state index contributed by atoms with van der Waals surface area (Å²) >= 11 is 0. The molecule has 2 aromatic rings. The van der Waals surface area contributed by atoms with E-state index < -0.39 is 0 Å². The van der Waals surface area contributed by atoms with Gasteiger partial charge in [-0.2, -0.15) is 0 Å². The average molecular weight is 285 g/mol. The Morgan fingerprint density at radius 3 is 2.38 bits per heavy atom. The summed E-state index contributed by atoms with van der Waals surface area (Å²) in [6, 6.07) is 16.4. The van der Waals surface area contributed by atoms with E-state index in [1.807, 2.05) is 24.3 Å². The molecule has 0 unspecified atom stereocenters. The highest BCUT2D eigenvalue weighted by Crippen LogP contribution is 2.14. The van der Waals surface area contributed by atoms with Crippen LogP contribution in [-0.4, -0.2) is 13.7 Å². The second kappa shape index (κ2) is 8.32. The van der Waals surface area contributed by atoms with Crippen LogP contribution >= 0.6 is 0 Å². The minimum Gasteiger partial charge on any atom is -0.497 e. The zero-order chi connectivity index (χ0) is 14.9. The number of rotatable bonds is 8. The molecule has 1 N–H and O–H groups in total. The summed E-state index contributed by atoms with van der Waals surface area (Å²) in [7, 11) is 1.69. The van der Waals surface area contributed by atoms with Crippen LogP contribution in [0.4, 0.5) is 0 Å². The lowest BCUT2D eigenvalue weighted by Gasteiger charge is -2.08. The molecule has 2 rings (SSSR count). The monoisotopic (exact) mass is 285 g/mol. The van der Waals surface area contributed by atoms with Crippen molar-refractivity contribution in [2.45, 2.75) is 26.4 Å². The van der Waals surface area contributed by atoms with Crippen molar-refractivity contribution in [2.24, 2.45) is 0 Å². The fourth-order valence-electron chi connectivity index (χ4n) is 2.06. The third-order valence-electron chi connectivity index (χ3n) is 3.19. The summed E-state index contributed by atoms with van der Waals surface area (Å²) in [5.74, 6) is 1.83. The van der Waals surface area contributed by atoms with E-state index in [0.717, 1.165) is 37.6 Å². The van der Waals surface area contributed by atoms with Crippen molar-refractivity contribution in [3.8, 4) is 11.5 Å². The van der Waals surface area contributed by atoms with Gasteiger partial charge in [-0.1, -0.05) is 31.2 Å². The first kappa shape index (κ1) is 15.4. The van der Waals surface area contributed by atoms with Gasteiger partial charge in [0.25, 0.3) is 0 Å². The second-order valence-corrected chi connectivity index (χ2v) is 4.95. The number of nitrogens with one attached hydrogen (secondary N) is 1. The van der Waals surface area contributed by atoms with Crippen molar-refractivity contribution in [1.29, 1.82) is 0 Å². The lowest BCUT2D eigenvalue weighted by molar-refractivity contribution is 0.317. The number of benzene rings is 2. The van der Waals surface area contributed by atoms with E-state index >= 15 is 0 Å². The summed E-state index contributed by atoms with van der Waals surface area (Å²) < 4.78 is 10.8. The van der Waals surface area contributed by atoms with Crippen molar-refractivity contribution in [2.75, 3.05) is 13.7 Å². The predicted molar refractivity (Wildman–Crippen MR) is 85.8 cm³/mol. The van der Waals surface area contributed by atoms with Gasteiger partial charge in [-0.05, 0) is 41.8 Å². The molecule has 0 atom stereocenters. The molecule has 3 heteroatoms. The maximum Gasteiger partial charge on any atom is 0.119 e. The largest absolute Gasteiger partial charge is 0.497 e. The zero-order valence-electron chi connectivity index (χ0n) is 12.8. The minimum atomic E-state index is 0.771. The van der Waals surface area contributed by atoms with Gasteiger partial charge in [-0.3, -0.25) is 0 Å². The molecule has 21 heavy (non-hydrogen) atoms. The smallest absolute Gasteiger partial charge is 0.119 e. The number of methoxy groups -OCH3 is 1. The van der Waals surface area contributed by atoms with Gasteiger partial charge in [0, 0.05) is 13.1 Å². The van der Waals surface area contributed by atoms with Gasteiger partial charge in [0.15, 0.2) is 0 Å². The Morgan fingerprint density at radius 1 is 0.905 bits per heavy atom. The molecule has 0 amide bonds. The van der Waals surface area contributed by atoms with E-state index in [4.69, 9.17) is 9.47 Å². The molecule has 0 heterocycles. The Bertz CT molecular complexity index is 537. The Kier molecular flexibility index (Phi) is 6.10. The van der Waals surface area contributed by atoms with Crippen LogP contribution in [0.3, 0.4) is 0 Å². The van der Waals surface area contributed by atoms with Crippen LogP contribution in [0.5, 0.6) is 11.5 Å². The van der Waals surface area contributed by atoms with Crippen LogP contribution in [0.2, 0.25) is 0 Å². The van der Waals surface area contributed by atoms with Gasteiger partial charge in [0.1, 0.15) is 11.5 Å². The summed E-state index contributed by atoms with van der Waals surface area (Å²) in [4.78, 5) is 0. The van der Waals surface area contributed by atoms with Crippen LogP contribution < -0.4 is 14.8 Å². The average Bonchev–Trinajstić information content (AvgIpc) is 2.54. The molecule has 0 fully saturated rings. The van der Waals surface area contributed by atoms with Crippen molar-refractivity contribution < 1.29 is 9.47 Å². The predicted octanol–water partition coefficient (Wildman–Crippen LogP) is 3.77. The van der Waals surface area contributed by atoms with Crippen LogP contribution in [0.25, 0.3) is 0 Å². The first-order valence-electron chi connectivity index (χ1n) is 7.37. The molecule has 0 aromatic heterocycles. The van der Waals surface area contributed by atoms with E-state index in [-0.39, 0.29) is 0 Å². The molecule has 0 radical (unpaired) electrons. The fraction of sp³-hybridized carbons (Fsp3) is 0.333. The highest BCUT2D eigenvalue weighted by molar-refractivity contribution is 5.29. The fourth-order valence-corrected chi connectivity index (χ4v) is 2.06. The standard InChI is InChI=1S/C18H23NO2/c1-3-11-21-17-9-7-15(8-10-17)13-19-14-16-5-4-6-18(12-16)20-2/h4-10,12,19H,3,11,13-14H2,1-2H3. The van der Waals surface area contributed by atoms with E-state index in [0.29, 0.717) is 0 Å². The normalized spacial score (nSPS) is 10.4. The Morgan fingerprint density at radius 2 is 1.67 bits per heavy atom. The zero-order valence-corrected chi connectivity index (χ0v) is 12.8. The molecule has 0 bridgehead atoms. The summed E-state index contributed by atoms with van der Waals surface area (Å²) in [5, 5.41) is 3.44. The molecule has 0 saturated heterocycles. The van der Waals surface area contributed by atoms with Gasteiger partial charge >= 0.3 is 0 Å². The van der Waals surface area contributed by atoms with Gasteiger partial charge < -0.3 is 14.8 Å². The van der Waals surface area contributed by atoms with Crippen molar-refractivity contribution in [3.63, 3.8) is 0 Å². The van der Waals surface area contributed by atoms with Crippen LogP contribution in [0, 0.1) is 0 Å². The third kappa shape index (κ3) is 5.12. The molecule has 112 valence electrons. The van der Waals surface area contributed by atoms with Gasteiger partial charge in [-0.15, -0.1) is 0 Å². The molecule has 2 aromatic carbocycles. The first-order valence-corrected chi connectivity index (χ1v) is 7.37. The van der Waals surface area contributed by atoms with E-state index in [9.17, 15) is 0 Å². The third-order valence-corrected chi connectivity index (χ3v) is 3.19. The molecular formula is C18H23NO2. The number of hydrogen-bond donors (Lipinski definition) is 1. The first-order chi connectivity index (χ1) is 10.3. The van der Waals surface area contributed by atoms with Gasteiger partial charge in [0.2, 0.25) is 0 Å². The highest BCUT2D eigenvalue weighted by Gasteiger charge is 1.98. The van der Waals surface area contributed by atoms with Crippen molar-refractivity contribution >= 4 is 0 Å². The van der Waals surface area contributed by atoms with E-state index in [1.165, 1.54) is 11.1 Å². The quantitative estimate of drug-likeness (QED) is 0.801. The van der Waals surface area contributed by atoms with Crippen molar-refractivity contribution in [3.05, 3.63) is 59.7 Å². The lowest BCUT2D eigenvalue weighted by atomic mass is 10.2. The molecule has 0 saturated carbocycles. The summed E-state index contributed by atoms with van der Waals surface area (Å²) in [5.41, 5.74) is 2.47. The summed E-state index contributed by atoms with van der Waals surface area (Å²) in [6.45, 7) is 4.54. The van der Waals surface area contributed by atoms with Crippen LogP contribution in [0.15, 0.2) is 48.5 Å². The molecule has 0 aliphatic carbocycles. The van der Waals surface area contributed by atoms with Crippen LogP contribution in [0.1, 0.15) is 24.5 Å². The Labute approximate surface area is 126 Å². The molecule has 3 nitrogen and oxygen atoms in total. The van der Waals surface area contributed by atoms with Gasteiger partial charge in [0.05, 0.1) is 13.7 Å². The van der Waals surface area contributed by atoms with E-state index in [1.54, 1.807) is 7.11 Å². The maximum atomic E-state index is 5.58. The SMILES string of the molecule is CCCOc1ccc(CNCc2cccc(OC)c2)cc1. The second-order valence-electron chi connectivity index (χ2n) is 4.95. The highest BCUT2D eigenvalue weighted by atomic mass is 16.5. The van der Waals surface area contributed by atoms with E-state index in [2.05, 4.69) is 36.5 Å². The molecule has 0 spiro atoms. The van der Waals surface area contributed by atoms with Crippen molar-refractivity contribution in [1.82, 2.24) is 5.32 Å². The molecular weight excluding hydrogens is 262 g/mol.